The van der Waals surface area contributed by atoms with Crippen molar-refractivity contribution in [1.29, 1.82) is 0 Å². The summed E-state index contributed by atoms with van der Waals surface area (Å²) in [5.74, 6) is 0. The van der Waals surface area contributed by atoms with Crippen LogP contribution in [0.5, 0.6) is 0 Å². The molecule has 0 bridgehead atoms. The third-order valence-electron chi connectivity index (χ3n) is 9.83. The van der Waals surface area contributed by atoms with Gasteiger partial charge in [0.25, 0.3) is 0 Å². The Hall–Kier alpha value is -6.59. The van der Waals surface area contributed by atoms with Gasteiger partial charge in [0.1, 0.15) is 0 Å². The summed E-state index contributed by atoms with van der Waals surface area (Å²) in [6, 6.07) is 49.0. The van der Waals surface area contributed by atoms with Crippen LogP contribution in [0, 0.1) is 18.2 Å². The van der Waals surface area contributed by atoms with E-state index >= 15 is 0 Å². The van der Waals surface area contributed by atoms with Gasteiger partial charge in [-0.3, -0.25) is 0 Å². The molecule has 0 aliphatic rings. The number of benzene rings is 5. The van der Waals surface area contributed by atoms with Gasteiger partial charge in [0.05, 0.1) is 18.0 Å². The van der Waals surface area contributed by atoms with Crippen LogP contribution in [-0.4, -0.2) is 24.3 Å². The first kappa shape index (κ1) is 28.7. The quantitative estimate of drug-likeness (QED) is 0.101. The van der Waals surface area contributed by atoms with Gasteiger partial charge < -0.3 is 19.4 Å². The number of fused-ring (bicyclic) bond motifs is 6. The number of imidazole rings is 1. The van der Waals surface area contributed by atoms with Crippen molar-refractivity contribution in [3.63, 3.8) is 0 Å². The van der Waals surface area contributed by atoms with E-state index in [1.165, 1.54) is 42.5 Å². The van der Waals surface area contributed by atoms with Crippen LogP contribution in [0.4, 0.5) is 0 Å². The zero-order valence-electron chi connectivity index (χ0n) is 38.7. The average Bonchev–Trinajstić information content (AvgIpc) is 3.85. The number of hydrogen-bond acceptors (Lipinski definition) is 4. The van der Waals surface area contributed by atoms with Crippen LogP contribution in [0.15, 0.2) is 171 Å². The van der Waals surface area contributed by atoms with Crippen LogP contribution in [0.1, 0.15) is 33.2 Å². The molecule has 0 saturated heterocycles. The van der Waals surface area contributed by atoms with Crippen molar-refractivity contribution in [1.82, 2.24) is 24.3 Å². The Kier molecular flexibility index (Phi) is 8.17. The summed E-state index contributed by atoms with van der Waals surface area (Å²) < 4.78 is 77.7. The number of aryl methyl sites for hydroxylation is 4. The zero-order chi connectivity index (χ0) is 45.1. The van der Waals surface area contributed by atoms with E-state index in [1.54, 1.807) is 67.5 Å². The van der Waals surface area contributed by atoms with Gasteiger partial charge in [0, 0.05) is 29.6 Å². The minimum Gasteiger partial charge on any atom is -0.341 e. The Morgan fingerprint density at radius 1 is 0.517 bits per heavy atom. The van der Waals surface area contributed by atoms with E-state index in [9.17, 15) is 11.0 Å². The van der Waals surface area contributed by atoms with Gasteiger partial charge in [-0.2, -0.15) is 0 Å². The molecule has 0 radical (unpaired) electrons. The molecule has 0 aliphatic heterocycles. The Bertz CT molecular complexity index is 3260. The molecule has 0 atom stereocenters. The van der Waals surface area contributed by atoms with E-state index in [4.69, 9.17) is 0 Å². The first-order valence-corrected chi connectivity index (χ1v) is 18.4. The van der Waals surface area contributed by atoms with Gasteiger partial charge in [-0.05, 0) is 81.0 Å². The minimum absolute atomic E-state index is 0. The van der Waals surface area contributed by atoms with Crippen LogP contribution in [-0.2, 0) is 45.6 Å². The topological polar surface area (TPSA) is 56.0 Å². The molecule has 0 saturated carbocycles. The fourth-order valence-corrected chi connectivity index (χ4v) is 7.09. The zero-order valence-corrected chi connectivity index (χ0v) is 33.1. The predicted molar refractivity (Wildman–Crippen MR) is 230 cm³/mol. The molecule has 0 unspecified atom stereocenters. The summed E-state index contributed by atoms with van der Waals surface area (Å²) in [5, 5.41) is 1.72. The summed E-state index contributed by atoms with van der Waals surface area (Å²) in [6.45, 7) is 0. The van der Waals surface area contributed by atoms with Crippen molar-refractivity contribution < 1.29 is 31.1 Å². The Morgan fingerprint density at radius 3 is 1.72 bits per heavy atom. The summed E-state index contributed by atoms with van der Waals surface area (Å²) in [5.41, 5.74) is 6.96. The van der Waals surface area contributed by atoms with Crippen LogP contribution in [0.2, 0.25) is 0 Å². The summed E-state index contributed by atoms with van der Waals surface area (Å²) in [7, 11) is 0. The standard InChI is InChI=1S/C52H36N5.Ir/c1-2-9-45(44(8-1)42-25-26-47-50(33-42)57-35-53-34-51(57)46-10-7-29-56-52(46)47)43-31-38(15-13-36-17-21-40(22-18-36)48-11-3-5-27-54-48)30-39(32-43)16-14-37-19-23-41(24-20-37)49-12-4-6-28-55-49;/h1-12,17-21,23,25,27-35H,13-16H2;/q-3;+3/i13D2,14D2,15D2,16D2;. The number of rotatable bonds is 10. The monoisotopic (exact) mass is 931 g/mol. The Balaban J connectivity index is 0.00000548. The van der Waals surface area contributed by atoms with Crippen LogP contribution in [0.25, 0.3) is 72.1 Å². The second kappa shape index (κ2) is 16.5. The molecule has 5 aromatic heterocycles. The molecule has 0 amide bonds. The number of nitrogens with zero attached hydrogens (tertiary/aromatic N) is 5. The Labute approximate surface area is 362 Å². The van der Waals surface area contributed by atoms with Gasteiger partial charge in [0.2, 0.25) is 0 Å². The van der Waals surface area contributed by atoms with E-state index in [2.05, 4.69) is 38.1 Å². The minimum atomic E-state index is -2.79. The summed E-state index contributed by atoms with van der Waals surface area (Å²) >= 11 is 0. The van der Waals surface area contributed by atoms with Gasteiger partial charge in [-0.1, -0.05) is 96.7 Å². The predicted octanol–water partition coefficient (Wildman–Crippen LogP) is 11.5. The molecule has 10 aromatic rings. The molecule has 5 aromatic carbocycles. The van der Waals surface area contributed by atoms with Crippen molar-refractivity contribution in [3.05, 3.63) is 211 Å². The van der Waals surface area contributed by atoms with E-state index in [-0.39, 0.29) is 42.4 Å². The normalized spacial score (nSPS) is 14.3. The molecular formula is C52H36IrN5. The van der Waals surface area contributed by atoms with Crippen molar-refractivity contribution >= 4 is 27.3 Å². The average molecular weight is 931 g/mol. The SMILES string of the molecule is [2H]C([2H])(c1c[c-]c(-c2ccccn2)cc1)C([2H])([2H])c1cc(-c2ccccc2-c2c[c-]c3c4ncccc4c4cncn4c3c2)cc(C([2H])([2H])C([2H])([2H])c2c[c-]c(-c3ccccn3)cc2)c1.[Ir+3]. The third kappa shape index (κ3) is 7.48. The van der Waals surface area contributed by atoms with Gasteiger partial charge in [0.15, 0.2) is 0 Å². The smallest absolute Gasteiger partial charge is 0.341 e. The number of aromatic nitrogens is 5. The number of pyridine rings is 4. The van der Waals surface area contributed by atoms with Crippen LogP contribution in [0.3, 0.4) is 0 Å². The number of hydrogen-bond donors (Lipinski definition) is 0. The van der Waals surface area contributed by atoms with Crippen molar-refractivity contribution in [2.24, 2.45) is 0 Å². The molecule has 6 heteroatoms. The van der Waals surface area contributed by atoms with Gasteiger partial charge in [-0.15, -0.1) is 94.4 Å². The molecular weight excluding hydrogens is 887 g/mol. The van der Waals surface area contributed by atoms with Crippen molar-refractivity contribution in [3.8, 4) is 44.8 Å². The molecule has 0 aliphatic carbocycles. The maximum atomic E-state index is 9.57. The summed E-state index contributed by atoms with van der Waals surface area (Å²) in [4.78, 5) is 17.8. The van der Waals surface area contributed by atoms with E-state index in [1.807, 2.05) is 65.1 Å². The van der Waals surface area contributed by atoms with Crippen LogP contribution < -0.4 is 0 Å². The first-order chi connectivity index (χ1) is 31.3. The Morgan fingerprint density at radius 2 is 1.12 bits per heavy atom. The second-order valence-electron chi connectivity index (χ2n) is 13.5. The molecule has 5 nitrogen and oxygen atoms in total. The second-order valence-corrected chi connectivity index (χ2v) is 13.5. The van der Waals surface area contributed by atoms with E-state index < -0.39 is 25.5 Å². The fourth-order valence-electron chi connectivity index (χ4n) is 7.09. The molecule has 0 spiro atoms. The van der Waals surface area contributed by atoms with E-state index in [0.717, 1.165) is 32.9 Å². The van der Waals surface area contributed by atoms with E-state index in [0.29, 0.717) is 39.2 Å². The van der Waals surface area contributed by atoms with Crippen molar-refractivity contribution in [2.45, 2.75) is 25.5 Å². The van der Waals surface area contributed by atoms with Crippen molar-refractivity contribution in [2.75, 3.05) is 0 Å². The van der Waals surface area contributed by atoms with Gasteiger partial charge >= 0.3 is 20.1 Å². The first-order valence-electron chi connectivity index (χ1n) is 22.4. The molecule has 58 heavy (non-hydrogen) atoms. The largest absolute Gasteiger partial charge is 3.00 e. The maximum absolute atomic E-state index is 9.57. The molecule has 5 heterocycles. The molecule has 278 valence electrons. The molecule has 10 rings (SSSR count). The third-order valence-corrected chi connectivity index (χ3v) is 9.83. The fraction of sp³-hybridized carbons (Fsp3) is 0.0769. The summed E-state index contributed by atoms with van der Waals surface area (Å²) in [6.07, 6.45) is -2.37. The van der Waals surface area contributed by atoms with Gasteiger partial charge in [-0.25, -0.2) is 4.98 Å². The van der Waals surface area contributed by atoms with Crippen LogP contribution >= 0.6 is 0 Å². The molecule has 0 fully saturated rings. The molecule has 0 N–H and O–H groups in total. The maximum Gasteiger partial charge on any atom is 3.00 e.